The third-order valence-electron chi connectivity index (χ3n) is 3.64. The molecular weight excluding hydrogens is 321 g/mol. The number of carbonyl (C=O) groups is 1. The predicted octanol–water partition coefficient (Wildman–Crippen LogP) is 3.34. The highest BCUT2D eigenvalue weighted by atomic mass is 19.4. The van der Waals surface area contributed by atoms with E-state index in [0.717, 1.165) is 12.1 Å². The fourth-order valence-electron chi connectivity index (χ4n) is 2.25. The van der Waals surface area contributed by atoms with E-state index in [9.17, 15) is 23.1 Å². The Bertz CT molecular complexity index is 672. The number of aliphatic hydroxyl groups is 1. The van der Waals surface area contributed by atoms with E-state index in [1.165, 1.54) is 24.5 Å². The van der Waals surface area contributed by atoms with Crippen molar-refractivity contribution >= 4 is 5.91 Å². The minimum atomic E-state index is -4.43. The molecule has 1 heterocycles. The molecule has 2 N–H and O–H groups in total. The number of rotatable bonds is 5. The van der Waals surface area contributed by atoms with Crippen molar-refractivity contribution in [3.05, 3.63) is 65.5 Å². The van der Waals surface area contributed by atoms with Gasteiger partial charge in [0.1, 0.15) is 0 Å². The largest absolute Gasteiger partial charge is 0.416 e. The predicted molar refractivity (Wildman–Crippen MR) is 82.2 cm³/mol. The molecule has 2 aromatic rings. The molecule has 0 radical (unpaired) electrons. The van der Waals surface area contributed by atoms with Crippen LogP contribution in [-0.2, 0) is 6.18 Å². The zero-order valence-corrected chi connectivity index (χ0v) is 12.9. The van der Waals surface area contributed by atoms with Crippen LogP contribution in [0.15, 0.2) is 48.8 Å². The van der Waals surface area contributed by atoms with E-state index >= 15 is 0 Å². The smallest absolute Gasteiger partial charge is 0.386 e. The maximum atomic E-state index is 12.6. The molecule has 0 aliphatic carbocycles. The van der Waals surface area contributed by atoms with Crippen LogP contribution >= 0.6 is 0 Å². The molecule has 2 rings (SSSR count). The van der Waals surface area contributed by atoms with Gasteiger partial charge in [-0.3, -0.25) is 9.78 Å². The Kier molecular flexibility index (Phi) is 5.56. The highest BCUT2D eigenvalue weighted by Crippen LogP contribution is 2.30. The van der Waals surface area contributed by atoms with E-state index in [1.54, 1.807) is 19.1 Å². The van der Waals surface area contributed by atoms with Crippen LogP contribution in [0, 0.1) is 0 Å². The SMILES string of the molecule is CC[C@@H](NC(=O)c1cccnc1)[C@@H](O)c1ccc(C(F)(F)F)cc1. The lowest BCUT2D eigenvalue weighted by Gasteiger charge is -2.23. The fraction of sp³-hybridized carbons (Fsp3) is 0.294. The summed E-state index contributed by atoms with van der Waals surface area (Å²) in [6, 6.07) is 6.82. The van der Waals surface area contributed by atoms with Crippen LogP contribution in [0.25, 0.3) is 0 Å². The number of halogens is 3. The molecular formula is C17H17F3N2O2. The van der Waals surface area contributed by atoms with Gasteiger partial charge in [-0.1, -0.05) is 19.1 Å². The van der Waals surface area contributed by atoms with Crippen LogP contribution in [-0.4, -0.2) is 22.0 Å². The minimum absolute atomic E-state index is 0.307. The first-order chi connectivity index (χ1) is 11.3. The summed E-state index contributed by atoms with van der Waals surface area (Å²) in [6.45, 7) is 1.77. The zero-order valence-electron chi connectivity index (χ0n) is 12.9. The van der Waals surface area contributed by atoms with Gasteiger partial charge in [0.05, 0.1) is 23.3 Å². The highest BCUT2D eigenvalue weighted by Gasteiger charge is 2.30. The summed E-state index contributed by atoms with van der Waals surface area (Å²) in [5.74, 6) is -0.402. The summed E-state index contributed by atoms with van der Waals surface area (Å²) in [6.07, 6.45) is -2.20. The third-order valence-corrected chi connectivity index (χ3v) is 3.64. The van der Waals surface area contributed by atoms with Gasteiger partial charge in [-0.25, -0.2) is 0 Å². The zero-order chi connectivity index (χ0) is 17.7. The molecule has 0 unspecified atom stereocenters. The summed E-state index contributed by atoms with van der Waals surface area (Å²) in [5.41, 5.74) is -0.136. The Morgan fingerprint density at radius 3 is 2.42 bits per heavy atom. The van der Waals surface area contributed by atoms with Crippen LogP contribution < -0.4 is 5.32 Å². The van der Waals surface area contributed by atoms with Gasteiger partial charge < -0.3 is 10.4 Å². The number of hydrogen-bond donors (Lipinski definition) is 2. The van der Waals surface area contributed by atoms with Gasteiger partial charge in [-0.2, -0.15) is 13.2 Å². The second-order valence-electron chi connectivity index (χ2n) is 5.29. The van der Waals surface area contributed by atoms with Crippen molar-refractivity contribution in [2.75, 3.05) is 0 Å². The van der Waals surface area contributed by atoms with Gasteiger partial charge in [-0.05, 0) is 36.2 Å². The molecule has 0 saturated carbocycles. The molecule has 1 amide bonds. The average Bonchev–Trinajstić information content (AvgIpc) is 2.59. The molecule has 2 atom stereocenters. The molecule has 4 nitrogen and oxygen atoms in total. The quantitative estimate of drug-likeness (QED) is 0.879. The Hall–Kier alpha value is -2.41. The monoisotopic (exact) mass is 338 g/mol. The van der Waals surface area contributed by atoms with Crippen LogP contribution in [0.3, 0.4) is 0 Å². The summed E-state index contributed by atoms with van der Waals surface area (Å²) in [5, 5.41) is 13.0. The van der Waals surface area contributed by atoms with E-state index in [4.69, 9.17) is 0 Å². The number of pyridine rings is 1. The first-order valence-corrected chi connectivity index (χ1v) is 7.39. The first-order valence-electron chi connectivity index (χ1n) is 7.39. The molecule has 0 fully saturated rings. The second kappa shape index (κ2) is 7.44. The molecule has 0 aliphatic heterocycles. The lowest BCUT2D eigenvalue weighted by Crippen LogP contribution is -2.39. The van der Waals surface area contributed by atoms with Crippen molar-refractivity contribution in [1.82, 2.24) is 10.3 Å². The Labute approximate surface area is 137 Å². The minimum Gasteiger partial charge on any atom is -0.386 e. The average molecular weight is 338 g/mol. The number of alkyl halides is 3. The van der Waals surface area contributed by atoms with Gasteiger partial charge in [0.15, 0.2) is 0 Å². The van der Waals surface area contributed by atoms with Crippen LogP contribution in [0.2, 0.25) is 0 Å². The summed E-state index contributed by atoms with van der Waals surface area (Å²) >= 11 is 0. The molecule has 0 saturated heterocycles. The van der Waals surface area contributed by atoms with Gasteiger partial charge in [-0.15, -0.1) is 0 Å². The van der Waals surface area contributed by atoms with E-state index in [2.05, 4.69) is 10.3 Å². The van der Waals surface area contributed by atoms with Crippen molar-refractivity contribution in [3.8, 4) is 0 Å². The Balaban J connectivity index is 2.11. The maximum absolute atomic E-state index is 12.6. The molecule has 7 heteroatoms. The lowest BCUT2D eigenvalue weighted by molar-refractivity contribution is -0.137. The molecule has 24 heavy (non-hydrogen) atoms. The Morgan fingerprint density at radius 2 is 1.92 bits per heavy atom. The Morgan fingerprint density at radius 1 is 1.25 bits per heavy atom. The fourth-order valence-corrected chi connectivity index (χ4v) is 2.25. The van der Waals surface area contributed by atoms with E-state index in [1.807, 2.05) is 0 Å². The van der Waals surface area contributed by atoms with Crippen LogP contribution in [0.5, 0.6) is 0 Å². The lowest BCUT2D eigenvalue weighted by atomic mass is 9.98. The first kappa shape index (κ1) is 17.9. The van der Waals surface area contributed by atoms with E-state index in [0.29, 0.717) is 17.5 Å². The topological polar surface area (TPSA) is 62.2 Å². The van der Waals surface area contributed by atoms with Gasteiger partial charge in [0.25, 0.3) is 5.91 Å². The number of aliphatic hydroxyl groups excluding tert-OH is 1. The van der Waals surface area contributed by atoms with Crippen LogP contribution in [0.1, 0.15) is 40.9 Å². The van der Waals surface area contributed by atoms with E-state index in [-0.39, 0.29) is 0 Å². The number of carbonyl (C=O) groups excluding carboxylic acids is 1. The van der Waals surface area contributed by atoms with Gasteiger partial charge >= 0.3 is 6.18 Å². The molecule has 1 aromatic heterocycles. The summed E-state index contributed by atoms with van der Waals surface area (Å²) in [7, 11) is 0. The summed E-state index contributed by atoms with van der Waals surface area (Å²) in [4.78, 5) is 16.0. The molecule has 1 aromatic carbocycles. The number of nitrogens with one attached hydrogen (secondary N) is 1. The third kappa shape index (κ3) is 4.32. The molecule has 0 spiro atoms. The van der Waals surface area contributed by atoms with Gasteiger partial charge in [0.2, 0.25) is 0 Å². The second-order valence-corrected chi connectivity index (χ2v) is 5.29. The number of benzene rings is 1. The number of hydrogen-bond acceptors (Lipinski definition) is 3. The van der Waals surface area contributed by atoms with Gasteiger partial charge in [0, 0.05) is 12.4 Å². The number of aromatic nitrogens is 1. The van der Waals surface area contributed by atoms with Crippen molar-refractivity contribution in [3.63, 3.8) is 0 Å². The summed E-state index contributed by atoms with van der Waals surface area (Å²) < 4.78 is 37.7. The molecule has 128 valence electrons. The number of nitrogens with zero attached hydrogens (tertiary/aromatic N) is 1. The van der Waals surface area contributed by atoms with Crippen molar-refractivity contribution < 1.29 is 23.1 Å². The van der Waals surface area contributed by atoms with Crippen molar-refractivity contribution in [1.29, 1.82) is 0 Å². The van der Waals surface area contributed by atoms with E-state index < -0.39 is 29.8 Å². The van der Waals surface area contributed by atoms with Crippen molar-refractivity contribution in [2.24, 2.45) is 0 Å². The normalized spacial score (nSPS) is 14.0. The number of amides is 1. The maximum Gasteiger partial charge on any atom is 0.416 e. The molecule has 0 aliphatic rings. The van der Waals surface area contributed by atoms with Crippen LogP contribution in [0.4, 0.5) is 13.2 Å². The standard InChI is InChI=1S/C17H17F3N2O2/c1-2-14(22-16(24)12-4-3-9-21-10-12)15(23)11-5-7-13(8-6-11)17(18,19)20/h3-10,14-15,23H,2H2,1H3,(H,22,24)/t14-,15+/m1/s1. The highest BCUT2D eigenvalue weighted by molar-refractivity contribution is 5.94. The molecule has 0 bridgehead atoms. The van der Waals surface area contributed by atoms with Crippen molar-refractivity contribution in [2.45, 2.75) is 31.7 Å².